The van der Waals surface area contributed by atoms with Crippen LogP contribution in [0.15, 0.2) is 35.4 Å². The van der Waals surface area contributed by atoms with E-state index in [0.29, 0.717) is 29.7 Å². The molecule has 0 heterocycles. The quantitative estimate of drug-likeness (QED) is 0.237. The number of Topliss-reactive ketones (excluding diaryl/α,β-unsaturated/α-hetero) is 1. The van der Waals surface area contributed by atoms with E-state index in [1.807, 2.05) is 52.0 Å². The predicted molar refractivity (Wildman–Crippen MR) is 219 cm³/mol. The molecule has 2 amide bonds. The summed E-state index contributed by atoms with van der Waals surface area (Å²) < 4.78 is 6.41. The minimum atomic E-state index is -0.836. The van der Waals surface area contributed by atoms with Gasteiger partial charge in [-0.25, -0.2) is 4.79 Å². The lowest BCUT2D eigenvalue weighted by Gasteiger charge is -2.72. The number of allylic oxidation sites excluding steroid dienone is 1. The molecule has 7 rings (SSSR count). The molecule has 0 unspecified atom stereocenters. The van der Waals surface area contributed by atoms with Gasteiger partial charge in [-0.1, -0.05) is 86.0 Å². The Balaban J connectivity index is 1.14. The standard InChI is InChI=1S/C47H67ClN2O6/c1-26(2)36-32(51)25-47(50-40(55)49-43(7,8)27-12-14-28(48)15-13-27)23-22-45(10)29(37(36)47)16-17-34-44(9)20-19-35(42(5,6)33(44)18-21-46(34,45)11)56-39(54)31-24-30(38(52)53)41(31,3)4/h12-15,26,29-31,33-35H,16-25H2,1-11H3,(H,52,53)(H2,49,50,55)/t29-,30+,31-,33+,34-,35+,44+,45-,46-,47-/m1/s1. The van der Waals surface area contributed by atoms with E-state index in [9.17, 15) is 24.3 Å². The number of carboxylic acids is 1. The Morgan fingerprint density at radius 1 is 0.839 bits per heavy atom. The molecule has 3 N–H and O–H groups in total. The number of carbonyl (C=O) groups is 4. The van der Waals surface area contributed by atoms with Crippen LogP contribution in [-0.2, 0) is 24.7 Å². The van der Waals surface area contributed by atoms with Gasteiger partial charge in [-0.3, -0.25) is 14.4 Å². The molecule has 0 bridgehead atoms. The van der Waals surface area contributed by atoms with Crippen LogP contribution in [0, 0.1) is 62.6 Å². The molecule has 6 aliphatic rings. The number of benzene rings is 1. The van der Waals surface area contributed by atoms with Gasteiger partial charge in [0.15, 0.2) is 5.78 Å². The highest BCUT2D eigenvalue weighted by Gasteiger charge is 2.70. The first-order valence-corrected chi connectivity index (χ1v) is 21.8. The van der Waals surface area contributed by atoms with Crippen molar-refractivity contribution < 1.29 is 29.0 Å². The number of amides is 2. The number of urea groups is 1. The summed E-state index contributed by atoms with van der Waals surface area (Å²) in [6.07, 6.45) is 8.09. The van der Waals surface area contributed by atoms with Gasteiger partial charge in [-0.05, 0) is 146 Å². The molecule has 0 aliphatic heterocycles. The van der Waals surface area contributed by atoms with Crippen molar-refractivity contribution in [3.05, 3.63) is 46.0 Å². The average Bonchev–Trinajstić information content (AvgIpc) is 3.37. The van der Waals surface area contributed by atoms with Crippen LogP contribution in [-0.4, -0.2) is 40.5 Å². The fraction of sp³-hybridized carbons (Fsp3) is 0.745. The Morgan fingerprint density at radius 2 is 1.50 bits per heavy atom. The molecule has 5 saturated carbocycles. The van der Waals surface area contributed by atoms with E-state index in [0.717, 1.165) is 62.5 Å². The third kappa shape index (κ3) is 5.94. The third-order valence-electron chi connectivity index (χ3n) is 17.8. The van der Waals surface area contributed by atoms with Gasteiger partial charge in [0.25, 0.3) is 0 Å². The van der Waals surface area contributed by atoms with Crippen molar-refractivity contribution in [2.24, 2.45) is 62.6 Å². The van der Waals surface area contributed by atoms with Crippen molar-refractivity contribution in [3.8, 4) is 0 Å². The molecular weight excluding hydrogens is 724 g/mol. The van der Waals surface area contributed by atoms with Gasteiger partial charge in [-0.15, -0.1) is 0 Å². The topological polar surface area (TPSA) is 122 Å². The molecular formula is C47H67ClN2O6. The number of nitrogens with one attached hydrogen (secondary N) is 2. The maximum atomic E-state index is 14.1. The van der Waals surface area contributed by atoms with E-state index < -0.39 is 28.4 Å². The number of rotatable bonds is 7. The smallest absolute Gasteiger partial charge is 0.316 e. The highest BCUT2D eigenvalue weighted by Crippen LogP contribution is 2.76. The van der Waals surface area contributed by atoms with E-state index in [1.54, 1.807) is 0 Å². The van der Waals surface area contributed by atoms with Crippen LogP contribution in [0.1, 0.15) is 146 Å². The number of ether oxygens (including phenoxy) is 1. The van der Waals surface area contributed by atoms with Gasteiger partial charge in [-0.2, -0.15) is 0 Å². The molecule has 1 aromatic rings. The van der Waals surface area contributed by atoms with Gasteiger partial charge in [0.1, 0.15) is 6.10 Å². The average molecular weight is 792 g/mol. The van der Waals surface area contributed by atoms with Crippen molar-refractivity contribution in [1.82, 2.24) is 10.6 Å². The maximum Gasteiger partial charge on any atom is 0.316 e. The highest BCUT2D eigenvalue weighted by molar-refractivity contribution is 6.30. The molecule has 0 aromatic heterocycles. The summed E-state index contributed by atoms with van der Waals surface area (Å²) in [5.74, 6) is -0.699. The summed E-state index contributed by atoms with van der Waals surface area (Å²) in [7, 11) is 0. The van der Waals surface area contributed by atoms with Crippen molar-refractivity contribution in [2.45, 2.75) is 158 Å². The lowest BCUT2D eigenvalue weighted by Crippen LogP contribution is -2.68. The number of hydrogen-bond acceptors (Lipinski definition) is 5. The summed E-state index contributed by atoms with van der Waals surface area (Å²) >= 11 is 6.17. The predicted octanol–water partition coefficient (Wildman–Crippen LogP) is 10.3. The Kier molecular flexibility index (Phi) is 9.83. The summed E-state index contributed by atoms with van der Waals surface area (Å²) in [5.41, 5.74) is 0.922. The molecule has 56 heavy (non-hydrogen) atoms. The number of carboxylic acid groups (broad SMARTS) is 1. The van der Waals surface area contributed by atoms with Crippen LogP contribution < -0.4 is 10.6 Å². The molecule has 0 saturated heterocycles. The van der Waals surface area contributed by atoms with Gasteiger partial charge >= 0.3 is 18.0 Å². The van der Waals surface area contributed by atoms with Crippen LogP contribution >= 0.6 is 11.6 Å². The second kappa shape index (κ2) is 13.3. The Hall–Kier alpha value is -2.87. The molecule has 10 atom stereocenters. The van der Waals surface area contributed by atoms with Crippen LogP contribution in [0.4, 0.5) is 4.79 Å². The van der Waals surface area contributed by atoms with Crippen LogP contribution in [0.3, 0.4) is 0 Å². The van der Waals surface area contributed by atoms with Crippen LogP contribution in [0.5, 0.6) is 0 Å². The Morgan fingerprint density at radius 3 is 2.11 bits per heavy atom. The van der Waals surface area contributed by atoms with Crippen LogP contribution in [0.25, 0.3) is 0 Å². The maximum absolute atomic E-state index is 14.1. The minimum absolute atomic E-state index is 0.0221. The Labute approximate surface area is 340 Å². The van der Waals surface area contributed by atoms with Crippen molar-refractivity contribution in [2.75, 3.05) is 0 Å². The lowest BCUT2D eigenvalue weighted by atomic mass is 9.33. The number of aliphatic carboxylic acids is 1. The zero-order valence-electron chi connectivity index (χ0n) is 35.8. The molecule has 5 fully saturated rings. The fourth-order valence-electron chi connectivity index (χ4n) is 14.4. The second-order valence-corrected chi connectivity index (χ2v) is 22.2. The molecule has 9 heteroatoms. The molecule has 0 radical (unpaired) electrons. The normalized spacial score (nSPS) is 39.7. The Bertz CT molecular complexity index is 1850. The molecule has 1 aromatic carbocycles. The van der Waals surface area contributed by atoms with E-state index in [1.165, 1.54) is 5.57 Å². The van der Waals surface area contributed by atoms with Crippen molar-refractivity contribution >= 4 is 35.4 Å². The largest absolute Gasteiger partial charge is 0.481 e. The monoisotopic (exact) mass is 790 g/mol. The van der Waals surface area contributed by atoms with Crippen molar-refractivity contribution in [1.29, 1.82) is 0 Å². The highest BCUT2D eigenvalue weighted by atomic mass is 35.5. The van der Waals surface area contributed by atoms with E-state index in [-0.39, 0.29) is 63.3 Å². The minimum Gasteiger partial charge on any atom is -0.481 e. The summed E-state index contributed by atoms with van der Waals surface area (Å²) in [5, 5.41) is 17.0. The first-order chi connectivity index (χ1) is 25.9. The number of halogens is 1. The van der Waals surface area contributed by atoms with E-state index in [2.05, 4.69) is 59.1 Å². The van der Waals surface area contributed by atoms with Crippen molar-refractivity contribution in [3.63, 3.8) is 0 Å². The number of carbonyl (C=O) groups excluding carboxylic acids is 3. The van der Waals surface area contributed by atoms with Gasteiger partial charge in [0, 0.05) is 16.9 Å². The molecule has 308 valence electrons. The molecule has 6 aliphatic carbocycles. The summed E-state index contributed by atoms with van der Waals surface area (Å²) in [6, 6.07) is 7.31. The second-order valence-electron chi connectivity index (χ2n) is 21.8. The molecule has 0 spiro atoms. The van der Waals surface area contributed by atoms with E-state index in [4.69, 9.17) is 16.3 Å². The zero-order chi connectivity index (χ0) is 41.2. The fourth-order valence-corrected chi connectivity index (χ4v) is 14.5. The number of hydrogen-bond donors (Lipinski definition) is 3. The SMILES string of the molecule is CC(C)C1=C2[C@H]3CC[C@@H]4[C@@]5(C)CC[C@H](OC(=O)[C@H]6C[C@@H](C(=O)O)C6(C)C)C(C)(C)[C@@H]5CC[C@@]4(C)[C@]3(C)CC[C@@]2(NC(=O)NC(C)(C)c2ccc(Cl)cc2)CC1=O. The summed E-state index contributed by atoms with van der Waals surface area (Å²) in [6.45, 7) is 24.2. The van der Waals surface area contributed by atoms with Crippen LogP contribution in [0.2, 0.25) is 5.02 Å². The number of esters is 1. The first kappa shape index (κ1) is 41.3. The van der Waals surface area contributed by atoms with Gasteiger partial charge in [0.05, 0.1) is 22.9 Å². The zero-order valence-corrected chi connectivity index (χ0v) is 36.5. The number of ketones is 1. The van der Waals surface area contributed by atoms with E-state index >= 15 is 0 Å². The summed E-state index contributed by atoms with van der Waals surface area (Å²) in [4.78, 5) is 53.6. The van der Waals surface area contributed by atoms with Gasteiger partial charge in [0.2, 0.25) is 0 Å². The number of fused-ring (bicyclic) bond motifs is 7. The molecule has 8 nitrogen and oxygen atoms in total. The third-order valence-corrected chi connectivity index (χ3v) is 18.1. The van der Waals surface area contributed by atoms with Gasteiger partial charge < -0.3 is 20.5 Å². The lowest BCUT2D eigenvalue weighted by molar-refractivity contribution is -0.235. The first-order valence-electron chi connectivity index (χ1n) is 21.4.